The number of nitrogens with zero attached hydrogens (tertiary/aromatic N) is 5. The van der Waals surface area contributed by atoms with E-state index >= 15 is 0 Å². The molecule has 1 aromatic carbocycles. The van der Waals surface area contributed by atoms with Crippen LogP contribution in [-0.2, 0) is 9.53 Å². The summed E-state index contributed by atoms with van der Waals surface area (Å²) in [6, 6.07) is 6.10. The highest BCUT2D eigenvalue weighted by Gasteiger charge is 2.23. The smallest absolute Gasteiger partial charge is 0.277 e. The minimum absolute atomic E-state index is 0.0419. The van der Waals surface area contributed by atoms with Gasteiger partial charge in [0.1, 0.15) is 17.0 Å². The van der Waals surface area contributed by atoms with E-state index in [1.54, 1.807) is 30.5 Å². The summed E-state index contributed by atoms with van der Waals surface area (Å²) in [5, 5.41) is 18.8. The molecule has 5 rings (SSSR count). The first-order chi connectivity index (χ1) is 16.9. The molecule has 0 unspecified atom stereocenters. The van der Waals surface area contributed by atoms with Gasteiger partial charge in [-0.05, 0) is 32.0 Å². The molecule has 0 spiro atoms. The zero-order valence-corrected chi connectivity index (χ0v) is 19.8. The molecular weight excluding hydrogens is 477 g/mol. The number of nitrogens with one attached hydrogen (secondary N) is 2. The third-order valence-corrected chi connectivity index (χ3v) is 6.49. The minimum atomic E-state index is -0.452. The molecule has 4 aromatic rings. The van der Waals surface area contributed by atoms with Gasteiger partial charge in [0.25, 0.3) is 5.56 Å². The van der Waals surface area contributed by atoms with Crippen molar-refractivity contribution in [1.29, 1.82) is 0 Å². The average molecular weight is 500 g/mol. The maximum atomic E-state index is 14.0. The largest absolute Gasteiger partial charge is 0.444 e. The second kappa shape index (κ2) is 9.50. The lowest BCUT2D eigenvalue weighted by molar-refractivity contribution is -0.113. The number of amides is 1. The highest BCUT2D eigenvalue weighted by atomic mass is 32.2. The van der Waals surface area contributed by atoms with E-state index < -0.39 is 17.3 Å². The maximum Gasteiger partial charge on any atom is 0.277 e. The fourth-order valence-corrected chi connectivity index (χ4v) is 4.74. The number of thioether (sulfide) groups is 1. The summed E-state index contributed by atoms with van der Waals surface area (Å²) >= 11 is 1.14. The van der Waals surface area contributed by atoms with E-state index in [0.717, 1.165) is 11.8 Å². The molecule has 0 radical (unpaired) electrons. The first-order valence-corrected chi connectivity index (χ1v) is 11.9. The van der Waals surface area contributed by atoms with Gasteiger partial charge in [0.15, 0.2) is 5.16 Å². The van der Waals surface area contributed by atoms with Gasteiger partial charge in [-0.15, -0.1) is 10.2 Å². The van der Waals surface area contributed by atoms with Gasteiger partial charge in [-0.2, -0.15) is 5.10 Å². The average Bonchev–Trinajstić information content (AvgIpc) is 3.42. The molecule has 11 nitrogen and oxygen atoms in total. The van der Waals surface area contributed by atoms with Crippen molar-refractivity contribution < 1.29 is 18.3 Å². The van der Waals surface area contributed by atoms with Crippen LogP contribution in [0.1, 0.15) is 11.5 Å². The molecular formula is C22H22FN7O4S. The van der Waals surface area contributed by atoms with Crippen molar-refractivity contribution in [3.05, 3.63) is 51.9 Å². The van der Waals surface area contributed by atoms with E-state index in [2.05, 4.69) is 25.7 Å². The Balaban J connectivity index is 1.40. The SMILES string of the molecule is Cc1n[nH]c(=O)c2c(NC(=O)CSc3nnc(N4CCOCC4)n3-c3cccc(F)c3)oc(C)c12. The van der Waals surface area contributed by atoms with E-state index in [-0.39, 0.29) is 17.0 Å². The third kappa shape index (κ3) is 4.51. The van der Waals surface area contributed by atoms with Crippen molar-refractivity contribution >= 4 is 40.3 Å². The molecule has 182 valence electrons. The monoisotopic (exact) mass is 499 g/mol. The topological polar surface area (TPSA) is 131 Å². The first-order valence-electron chi connectivity index (χ1n) is 10.9. The number of hydrogen-bond acceptors (Lipinski definition) is 9. The molecule has 4 heterocycles. The number of benzene rings is 1. The minimum Gasteiger partial charge on any atom is -0.444 e. The van der Waals surface area contributed by atoms with Gasteiger partial charge in [0.2, 0.25) is 17.7 Å². The van der Waals surface area contributed by atoms with Gasteiger partial charge in [-0.25, -0.2) is 9.49 Å². The first kappa shape index (κ1) is 23.1. The Bertz CT molecular complexity index is 1460. The van der Waals surface area contributed by atoms with Gasteiger partial charge < -0.3 is 14.1 Å². The van der Waals surface area contributed by atoms with Crippen molar-refractivity contribution in [2.45, 2.75) is 19.0 Å². The number of carbonyl (C=O) groups is 1. The standard InChI is InChI=1S/C22H22FN7O4S/c1-12-17-13(2)34-20(18(17)19(32)26-25-12)24-16(31)11-35-22-28-27-21(29-6-8-33-9-7-29)30(22)15-5-3-4-14(23)10-15/h3-5,10H,6-9,11H2,1-2H3,(H,24,31)(H,26,32). The lowest BCUT2D eigenvalue weighted by atomic mass is 10.2. The molecule has 2 N–H and O–H groups in total. The number of rotatable bonds is 6. The van der Waals surface area contributed by atoms with E-state index in [1.165, 1.54) is 12.1 Å². The molecule has 35 heavy (non-hydrogen) atoms. The number of furan rings is 1. The van der Waals surface area contributed by atoms with Crippen LogP contribution in [0.15, 0.2) is 38.6 Å². The fourth-order valence-electron chi connectivity index (χ4n) is 3.99. The van der Waals surface area contributed by atoms with Crippen LogP contribution < -0.4 is 15.8 Å². The number of halogens is 1. The number of aromatic nitrogens is 5. The predicted octanol–water partition coefficient (Wildman–Crippen LogP) is 2.42. The normalized spacial score (nSPS) is 14.0. The molecule has 13 heteroatoms. The molecule has 0 bridgehead atoms. The Kier molecular flexibility index (Phi) is 6.26. The van der Waals surface area contributed by atoms with Crippen molar-refractivity contribution in [3.8, 4) is 5.69 Å². The van der Waals surface area contributed by atoms with Gasteiger partial charge in [0.05, 0.1) is 35.7 Å². The number of anilines is 2. The van der Waals surface area contributed by atoms with Crippen LogP contribution in [0.4, 0.5) is 16.2 Å². The maximum absolute atomic E-state index is 14.0. The summed E-state index contributed by atoms with van der Waals surface area (Å²) < 4.78 is 26.8. The number of ether oxygens (including phenoxy) is 1. The Labute approximate surface area is 202 Å². The highest BCUT2D eigenvalue weighted by molar-refractivity contribution is 7.99. The lowest BCUT2D eigenvalue weighted by Gasteiger charge is -2.27. The molecule has 1 amide bonds. The van der Waals surface area contributed by atoms with E-state index in [1.807, 2.05) is 4.90 Å². The Morgan fingerprint density at radius 2 is 2.03 bits per heavy atom. The van der Waals surface area contributed by atoms with Crippen molar-refractivity contribution in [2.24, 2.45) is 0 Å². The van der Waals surface area contributed by atoms with Crippen LogP contribution in [0, 0.1) is 19.7 Å². The second-order valence-corrected chi connectivity index (χ2v) is 8.85. The van der Waals surface area contributed by atoms with E-state index in [4.69, 9.17) is 9.15 Å². The van der Waals surface area contributed by atoms with E-state index in [0.29, 0.717) is 59.9 Å². The molecule has 1 aliphatic heterocycles. The van der Waals surface area contributed by atoms with Crippen LogP contribution in [0.5, 0.6) is 0 Å². The zero-order chi connectivity index (χ0) is 24.5. The van der Waals surface area contributed by atoms with Gasteiger partial charge in [-0.1, -0.05) is 17.8 Å². The number of aryl methyl sites for hydroxylation is 2. The number of morpholine rings is 1. The fraction of sp³-hybridized carbons (Fsp3) is 0.318. The summed E-state index contributed by atoms with van der Waals surface area (Å²) in [6.07, 6.45) is 0. The summed E-state index contributed by atoms with van der Waals surface area (Å²) in [7, 11) is 0. The number of aromatic amines is 1. The summed E-state index contributed by atoms with van der Waals surface area (Å²) in [5.74, 6) is 0.258. The van der Waals surface area contributed by atoms with Crippen molar-refractivity contribution in [2.75, 3.05) is 42.3 Å². The van der Waals surface area contributed by atoms with E-state index in [9.17, 15) is 14.0 Å². The number of hydrogen-bond donors (Lipinski definition) is 2. The number of fused-ring (bicyclic) bond motifs is 1. The quantitative estimate of drug-likeness (QED) is 0.384. The summed E-state index contributed by atoms with van der Waals surface area (Å²) in [6.45, 7) is 5.78. The van der Waals surface area contributed by atoms with Crippen LogP contribution in [0.2, 0.25) is 0 Å². The van der Waals surface area contributed by atoms with Gasteiger partial charge in [-0.3, -0.25) is 19.5 Å². The zero-order valence-electron chi connectivity index (χ0n) is 19.0. The molecule has 0 saturated carbocycles. The Hall–Kier alpha value is -3.71. The van der Waals surface area contributed by atoms with Crippen molar-refractivity contribution in [1.82, 2.24) is 25.0 Å². The van der Waals surface area contributed by atoms with Gasteiger partial charge in [0, 0.05) is 13.1 Å². The molecule has 0 aliphatic carbocycles. The highest BCUT2D eigenvalue weighted by Crippen LogP contribution is 2.30. The van der Waals surface area contributed by atoms with Crippen LogP contribution in [-0.4, -0.2) is 62.9 Å². The molecule has 1 fully saturated rings. The Morgan fingerprint density at radius 3 is 2.80 bits per heavy atom. The lowest BCUT2D eigenvalue weighted by Crippen LogP contribution is -2.37. The number of H-pyrrole nitrogens is 1. The molecule has 3 aromatic heterocycles. The third-order valence-electron chi connectivity index (χ3n) is 5.56. The van der Waals surface area contributed by atoms with Crippen LogP contribution in [0.25, 0.3) is 16.5 Å². The molecule has 1 saturated heterocycles. The second-order valence-electron chi connectivity index (χ2n) is 7.91. The van der Waals surface area contributed by atoms with Crippen molar-refractivity contribution in [3.63, 3.8) is 0 Å². The number of carbonyl (C=O) groups excluding carboxylic acids is 1. The summed E-state index contributed by atoms with van der Waals surface area (Å²) in [5.41, 5.74) is 0.683. The summed E-state index contributed by atoms with van der Waals surface area (Å²) in [4.78, 5) is 27.1. The predicted molar refractivity (Wildman–Crippen MR) is 128 cm³/mol. The van der Waals surface area contributed by atoms with Gasteiger partial charge >= 0.3 is 0 Å². The molecule has 0 atom stereocenters. The Morgan fingerprint density at radius 1 is 1.23 bits per heavy atom. The van der Waals surface area contributed by atoms with Crippen LogP contribution >= 0.6 is 11.8 Å². The van der Waals surface area contributed by atoms with Crippen LogP contribution in [0.3, 0.4) is 0 Å². The molecule has 1 aliphatic rings.